The largest absolute Gasteiger partial charge is 0.381 e. The molecule has 0 radical (unpaired) electrons. The highest BCUT2D eigenvalue weighted by molar-refractivity contribution is 5.95. The molecule has 1 saturated carbocycles. The molecule has 3 nitrogen and oxygen atoms in total. The van der Waals surface area contributed by atoms with Gasteiger partial charge >= 0.3 is 0 Å². The Morgan fingerprint density at radius 1 is 1.19 bits per heavy atom. The van der Waals surface area contributed by atoms with Crippen molar-refractivity contribution in [3.63, 3.8) is 0 Å². The van der Waals surface area contributed by atoms with E-state index in [9.17, 15) is 4.79 Å². The molecule has 0 aliphatic heterocycles. The van der Waals surface area contributed by atoms with Gasteiger partial charge in [0.1, 0.15) is 0 Å². The van der Waals surface area contributed by atoms with Crippen molar-refractivity contribution in [2.75, 3.05) is 5.32 Å². The van der Waals surface area contributed by atoms with Gasteiger partial charge in [0.25, 0.3) is 0 Å². The number of primary amides is 1. The summed E-state index contributed by atoms with van der Waals surface area (Å²) in [5.74, 6) is 0.357. The first kappa shape index (κ1) is 13.7. The highest BCUT2D eigenvalue weighted by Crippen LogP contribution is 2.41. The summed E-state index contributed by atoms with van der Waals surface area (Å²) in [6.45, 7) is 2.70. The lowest BCUT2D eigenvalue weighted by atomic mass is 10.0. The van der Waals surface area contributed by atoms with E-state index >= 15 is 0 Å². The molecule has 0 spiro atoms. The van der Waals surface area contributed by atoms with Crippen LogP contribution in [0.3, 0.4) is 0 Å². The number of carbonyl (C=O) groups excluding carboxylic acids is 1. The third-order valence-corrected chi connectivity index (χ3v) is 4.14. The van der Waals surface area contributed by atoms with Gasteiger partial charge < -0.3 is 11.1 Å². The summed E-state index contributed by atoms with van der Waals surface area (Å²) < 4.78 is 0. The maximum Gasteiger partial charge on any atom is 0.249 e. The molecule has 21 heavy (non-hydrogen) atoms. The number of nitrogens with two attached hydrogens (primary N) is 1. The summed E-state index contributed by atoms with van der Waals surface area (Å²) in [4.78, 5) is 11.4. The van der Waals surface area contributed by atoms with Crippen LogP contribution in [0.5, 0.6) is 0 Å². The van der Waals surface area contributed by atoms with Gasteiger partial charge in [-0.15, -0.1) is 0 Å². The van der Waals surface area contributed by atoms with E-state index in [0.717, 1.165) is 23.7 Å². The minimum Gasteiger partial charge on any atom is -0.381 e. The lowest BCUT2D eigenvalue weighted by molar-refractivity contribution is 0.1000. The minimum absolute atomic E-state index is 0.380. The molecule has 0 bridgehead atoms. The first-order valence-corrected chi connectivity index (χ1v) is 7.38. The van der Waals surface area contributed by atoms with Crippen molar-refractivity contribution in [3.8, 4) is 0 Å². The quantitative estimate of drug-likeness (QED) is 0.879. The lowest BCUT2D eigenvalue weighted by Crippen LogP contribution is -2.14. The number of hydrogen-bond acceptors (Lipinski definition) is 2. The summed E-state index contributed by atoms with van der Waals surface area (Å²) in [6, 6.07) is 14.2. The Kier molecular flexibility index (Phi) is 3.65. The summed E-state index contributed by atoms with van der Waals surface area (Å²) in [6.07, 6.45) is 2.60. The van der Waals surface area contributed by atoms with Crippen molar-refractivity contribution in [2.24, 2.45) is 5.73 Å². The fourth-order valence-electron chi connectivity index (χ4n) is 2.77. The molecule has 2 aromatic rings. The highest BCUT2D eigenvalue weighted by Gasteiger charge is 2.25. The molecule has 1 fully saturated rings. The fourth-order valence-corrected chi connectivity index (χ4v) is 2.77. The van der Waals surface area contributed by atoms with Crippen LogP contribution in [0.4, 0.5) is 5.69 Å². The number of anilines is 1. The predicted octanol–water partition coefficient (Wildman–Crippen LogP) is 3.58. The number of carbonyl (C=O) groups is 1. The van der Waals surface area contributed by atoms with Crippen LogP contribution in [-0.4, -0.2) is 5.91 Å². The molecule has 0 unspecified atom stereocenters. The second-order valence-corrected chi connectivity index (χ2v) is 5.67. The summed E-state index contributed by atoms with van der Waals surface area (Å²) >= 11 is 0. The van der Waals surface area contributed by atoms with Crippen molar-refractivity contribution >= 4 is 11.6 Å². The van der Waals surface area contributed by atoms with E-state index in [1.807, 2.05) is 19.1 Å². The molecule has 1 aliphatic carbocycles. The van der Waals surface area contributed by atoms with Crippen molar-refractivity contribution in [2.45, 2.75) is 32.2 Å². The van der Waals surface area contributed by atoms with Crippen LogP contribution in [0.25, 0.3) is 0 Å². The minimum atomic E-state index is -0.380. The fraction of sp³-hybridized carbons (Fsp3) is 0.278. The monoisotopic (exact) mass is 280 g/mol. The van der Waals surface area contributed by atoms with Gasteiger partial charge in [0.2, 0.25) is 5.91 Å². The Morgan fingerprint density at radius 2 is 1.95 bits per heavy atom. The van der Waals surface area contributed by atoms with E-state index in [2.05, 4.69) is 29.6 Å². The van der Waals surface area contributed by atoms with Crippen LogP contribution < -0.4 is 11.1 Å². The molecule has 3 N–H and O–H groups in total. The Balaban J connectivity index is 1.79. The van der Waals surface area contributed by atoms with Crippen LogP contribution in [-0.2, 0) is 6.54 Å². The number of hydrogen-bond donors (Lipinski definition) is 2. The number of benzene rings is 2. The lowest BCUT2D eigenvalue weighted by Gasteiger charge is -2.14. The smallest absolute Gasteiger partial charge is 0.249 e. The van der Waals surface area contributed by atoms with Crippen molar-refractivity contribution < 1.29 is 4.79 Å². The first-order chi connectivity index (χ1) is 10.2. The molecule has 3 heteroatoms. The molecule has 0 saturated heterocycles. The van der Waals surface area contributed by atoms with E-state index < -0.39 is 0 Å². The Morgan fingerprint density at radius 3 is 2.67 bits per heavy atom. The van der Waals surface area contributed by atoms with E-state index in [-0.39, 0.29) is 5.91 Å². The van der Waals surface area contributed by atoms with Gasteiger partial charge in [0.05, 0.1) is 0 Å². The molecule has 2 aromatic carbocycles. The van der Waals surface area contributed by atoms with Gasteiger partial charge in [-0.3, -0.25) is 4.79 Å². The van der Waals surface area contributed by atoms with Gasteiger partial charge in [0, 0.05) is 17.8 Å². The number of rotatable bonds is 5. The second kappa shape index (κ2) is 5.60. The zero-order valence-electron chi connectivity index (χ0n) is 12.2. The maximum atomic E-state index is 11.4. The molecule has 3 rings (SSSR count). The van der Waals surface area contributed by atoms with Gasteiger partial charge in [0.15, 0.2) is 0 Å². The van der Waals surface area contributed by atoms with Crippen LogP contribution in [0, 0.1) is 6.92 Å². The van der Waals surface area contributed by atoms with Crippen molar-refractivity contribution in [1.82, 2.24) is 0 Å². The summed E-state index contributed by atoms with van der Waals surface area (Å²) in [5, 5.41) is 3.44. The third kappa shape index (κ3) is 2.92. The van der Waals surface area contributed by atoms with Crippen LogP contribution >= 0.6 is 0 Å². The van der Waals surface area contributed by atoms with Crippen molar-refractivity contribution in [3.05, 3.63) is 64.7 Å². The molecule has 1 aliphatic rings. The average molecular weight is 280 g/mol. The molecule has 108 valence electrons. The normalized spacial score (nSPS) is 14.0. The zero-order valence-corrected chi connectivity index (χ0v) is 12.2. The topological polar surface area (TPSA) is 55.1 Å². The third-order valence-electron chi connectivity index (χ3n) is 4.14. The molecule has 1 amide bonds. The van der Waals surface area contributed by atoms with Crippen LogP contribution in [0.2, 0.25) is 0 Å². The Labute approximate surface area is 125 Å². The van der Waals surface area contributed by atoms with Gasteiger partial charge in [-0.25, -0.2) is 0 Å². The average Bonchev–Trinajstić information content (AvgIpc) is 3.31. The number of amides is 1. The molecule has 0 heterocycles. The van der Waals surface area contributed by atoms with Crippen molar-refractivity contribution in [1.29, 1.82) is 0 Å². The van der Waals surface area contributed by atoms with Gasteiger partial charge in [-0.1, -0.05) is 30.3 Å². The predicted molar refractivity (Wildman–Crippen MR) is 85.4 cm³/mol. The van der Waals surface area contributed by atoms with E-state index in [4.69, 9.17) is 5.73 Å². The van der Waals surface area contributed by atoms with Crippen LogP contribution in [0.1, 0.15) is 45.8 Å². The van der Waals surface area contributed by atoms with Gasteiger partial charge in [-0.2, -0.15) is 0 Å². The van der Waals surface area contributed by atoms with E-state index in [1.54, 1.807) is 6.07 Å². The summed E-state index contributed by atoms with van der Waals surface area (Å²) in [5.41, 5.74) is 10.6. The molecular weight excluding hydrogens is 260 g/mol. The summed E-state index contributed by atoms with van der Waals surface area (Å²) in [7, 11) is 0. The maximum absolute atomic E-state index is 11.4. The number of nitrogens with one attached hydrogen (secondary N) is 1. The molecule has 0 aromatic heterocycles. The van der Waals surface area contributed by atoms with E-state index in [1.165, 1.54) is 24.0 Å². The second-order valence-electron chi connectivity index (χ2n) is 5.67. The SMILES string of the molecule is Cc1c(NCc2ccccc2C2CC2)cccc1C(N)=O. The molecular formula is C18H20N2O. The van der Waals surface area contributed by atoms with Crippen LogP contribution in [0.15, 0.2) is 42.5 Å². The molecule has 0 atom stereocenters. The Hall–Kier alpha value is -2.29. The first-order valence-electron chi connectivity index (χ1n) is 7.38. The highest BCUT2D eigenvalue weighted by atomic mass is 16.1. The Bertz CT molecular complexity index is 675. The zero-order chi connectivity index (χ0) is 14.8. The standard InChI is InChI=1S/C18H20N2O/c1-12-15(18(19)21)7-4-8-17(12)20-11-14-5-2-3-6-16(14)13-9-10-13/h2-8,13,20H,9-11H2,1H3,(H2,19,21). The van der Waals surface area contributed by atoms with E-state index in [0.29, 0.717) is 5.56 Å². The van der Waals surface area contributed by atoms with Gasteiger partial charge in [-0.05, 0) is 54.5 Å².